The molecule has 0 spiro atoms. The zero-order valence-corrected chi connectivity index (χ0v) is 20.4. The van der Waals surface area contributed by atoms with Crippen molar-refractivity contribution in [1.29, 1.82) is 0 Å². The summed E-state index contributed by atoms with van der Waals surface area (Å²) >= 11 is 1.17. The fourth-order valence-corrected chi connectivity index (χ4v) is 4.30. The summed E-state index contributed by atoms with van der Waals surface area (Å²) in [6.07, 6.45) is 3.58. The van der Waals surface area contributed by atoms with Crippen LogP contribution < -0.4 is 9.99 Å². The van der Waals surface area contributed by atoms with Gasteiger partial charge in [-0.3, -0.25) is 14.9 Å². The van der Waals surface area contributed by atoms with Crippen LogP contribution in [0, 0.1) is 10.1 Å². The van der Waals surface area contributed by atoms with E-state index >= 15 is 0 Å². The third-order valence-corrected chi connectivity index (χ3v) is 6.20. The molecule has 4 aromatic rings. The lowest BCUT2D eigenvalue weighted by Gasteiger charge is -2.05. The number of nitro benzene ring substituents is 1. The first-order valence-electron chi connectivity index (χ1n) is 11.1. The Hall–Kier alpha value is -4.77. The number of hydrogen-bond acceptors (Lipinski definition) is 7. The zero-order valence-electron chi connectivity index (χ0n) is 19.6. The number of aromatic amines is 1. The summed E-state index contributed by atoms with van der Waals surface area (Å²) in [4.78, 5) is 23.3. The van der Waals surface area contributed by atoms with Crippen molar-refractivity contribution >= 4 is 29.6 Å². The highest BCUT2D eigenvalue weighted by Crippen LogP contribution is 2.24. The summed E-state index contributed by atoms with van der Waals surface area (Å²) in [5, 5.41) is 33.3. The van der Waals surface area contributed by atoms with E-state index < -0.39 is 4.92 Å². The van der Waals surface area contributed by atoms with Gasteiger partial charge in [0, 0.05) is 17.7 Å². The lowest BCUT2D eigenvalue weighted by Crippen LogP contribution is -2.34. The van der Waals surface area contributed by atoms with E-state index in [4.69, 9.17) is 0 Å². The van der Waals surface area contributed by atoms with Gasteiger partial charge < -0.3 is 5.11 Å². The van der Waals surface area contributed by atoms with Gasteiger partial charge in [-0.1, -0.05) is 42.5 Å². The van der Waals surface area contributed by atoms with Crippen LogP contribution in [-0.4, -0.2) is 38.1 Å². The maximum atomic E-state index is 12.5. The highest BCUT2D eigenvalue weighted by Gasteiger charge is 2.25. The van der Waals surface area contributed by atoms with Crippen molar-refractivity contribution in [3.05, 3.63) is 107 Å². The fourth-order valence-electron chi connectivity index (χ4n) is 3.54. The first kappa shape index (κ1) is 25.3. The molecule has 0 fully saturated rings. The van der Waals surface area contributed by atoms with E-state index in [0.717, 1.165) is 5.69 Å². The van der Waals surface area contributed by atoms with Gasteiger partial charge in [-0.05, 0) is 48.0 Å². The van der Waals surface area contributed by atoms with Gasteiger partial charge in [0.25, 0.3) is 17.4 Å². The Morgan fingerprint density at radius 3 is 2.73 bits per heavy atom. The van der Waals surface area contributed by atoms with Gasteiger partial charge in [-0.25, -0.2) is 5.43 Å². The monoisotopic (exact) mass is 515 g/mol. The van der Waals surface area contributed by atoms with Crippen molar-refractivity contribution in [3.63, 3.8) is 0 Å². The number of phenolic OH excluding ortho intramolecular Hbond substituents is 1. The van der Waals surface area contributed by atoms with Crippen LogP contribution in [0.3, 0.4) is 0 Å². The normalized spacial score (nSPS) is 10.9. The molecular weight excluding hydrogens is 492 g/mol. The minimum atomic E-state index is -0.456. The van der Waals surface area contributed by atoms with Crippen LogP contribution in [0.2, 0.25) is 0 Å². The number of para-hydroxylation sites is 2. The number of phenols is 1. The Balaban J connectivity index is 1.51. The predicted octanol–water partition coefficient (Wildman–Crippen LogP) is 3.94. The zero-order chi connectivity index (χ0) is 26.2. The number of carbonyl (C=O) groups is 1. The van der Waals surface area contributed by atoms with Crippen LogP contribution in [0.15, 0.2) is 95.7 Å². The van der Waals surface area contributed by atoms with Crippen LogP contribution in [0.25, 0.3) is 17.1 Å². The number of hydrazone groups is 1. The Bertz CT molecular complexity index is 1470. The van der Waals surface area contributed by atoms with Crippen molar-refractivity contribution in [2.75, 3.05) is 5.75 Å². The molecule has 37 heavy (non-hydrogen) atoms. The van der Waals surface area contributed by atoms with Gasteiger partial charge in [0.1, 0.15) is 11.4 Å². The SMILES string of the molecule is C=CCc1cccc(/C=N/NC(=O)CSc2n[nH]c(-c3cccc([N+](=O)[O-])c3)[n+]2-c2ccccc2)c1O. The molecule has 186 valence electrons. The summed E-state index contributed by atoms with van der Waals surface area (Å²) < 4.78 is 1.80. The molecule has 10 nitrogen and oxygen atoms in total. The highest BCUT2D eigenvalue weighted by molar-refractivity contribution is 7.99. The molecule has 0 unspecified atom stereocenters. The molecule has 0 radical (unpaired) electrons. The second kappa shape index (κ2) is 11.8. The molecule has 0 aliphatic rings. The minimum Gasteiger partial charge on any atom is -0.507 e. The standard InChI is InChI=1S/C26H22N6O4S/c1-2-8-18-9-6-11-20(24(18)34)16-27-28-23(33)17-37-26-30-29-25(31(26)21-12-4-3-5-13-21)19-10-7-14-22(15-19)32(35)36/h2-7,9-16H,1,8,17H2,(H2,27,28,33,34)/p+1. The Morgan fingerprint density at radius 2 is 1.97 bits per heavy atom. The summed E-state index contributed by atoms with van der Waals surface area (Å²) in [5.74, 6) is 0.253. The number of allylic oxidation sites excluding steroid dienone is 1. The first-order valence-corrected chi connectivity index (χ1v) is 12.1. The van der Waals surface area contributed by atoms with Gasteiger partial charge in [0.15, 0.2) is 0 Å². The lowest BCUT2D eigenvalue weighted by molar-refractivity contribution is -0.625. The van der Waals surface area contributed by atoms with Crippen molar-refractivity contribution in [1.82, 2.24) is 15.6 Å². The predicted molar refractivity (Wildman–Crippen MR) is 141 cm³/mol. The number of nitrogens with one attached hydrogen (secondary N) is 2. The van der Waals surface area contributed by atoms with Crippen molar-refractivity contribution < 1.29 is 19.4 Å². The van der Waals surface area contributed by atoms with Crippen molar-refractivity contribution in [2.24, 2.45) is 5.10 Å². The Kier molecular flexibility index (Phi) is 8.06. The van der Waals surface area contributed by atoms with E-state index in [2.05, 4.69) is 27.3 Å². The number of nitro groups is 1. The average molecular weight is 516 g/mol. The molecule has 0 aliphatic carbocycles. The van der Waals surface area contributed by atoms with Gasteiger partial charge in [0.2, 0.25) is 0 Å². The van der Waals surface area contributed by atoms with E-state index in [9.17, 15) is 20.0 Å². The van der Waals surface area contributed by atoms with Crippen LogP contribution in [0.5, 0.6) is 5.75 Å². The number of carbonyl (C=O) groups excluding carboxylic acids is 1. The Labute approximate surface area is 216 Å². The molecule has 4 rings (SSSR count). The third-order valence-electron chi connectivity index (χ3n) is 5.26. The van der Waals surface area contributed by atoms with Crippen LogP contribution in [0.4, 0.5) is 5.69 Å². The van der Waals surface area contributed by atoms with Gasteiger partial charge in [-0.2, -0.15) is 9.67 Å². The number of nitrogens with zero attached hydrogens (tertiary/aromatic N) is 4. The number of hydrogen-bond donors (Lipinski definition) is 3. The second-order valence-electron chi connectivity index (χ2n) is 7.76. The van der Waals surface area contributed by atoms with Gasteiger partial charge in [-0.15, -0.1) is 11.7 Å². The summed E-state index contributed by atoms with van der Waals surface area (Å²) in [7, 11) is 0. The number of rotatable bonds is 10. The Morgan fingerprint density at radius 1 is 1.19 bits per heavy atom. The molecule has 0 aliphatic heterocycles. The third kappa shape index (κ3) is 6.08. The molecule has 0 atom stereocenters. The summed E-state index contributed by atoms with van der Waals surface area (Å²) in [5.41, 5.74) is 4.94. The quantitative estimate of drug-likeness (QED) is 0.0731. The lowest BCUT2D eigenvalue weighted by atomic mass is 10.1. The molecular formula is C26H23N6O4S+. The maximum absolute atomic E-state index is 12.5. The van der Waals surface area contributed by atoms with E-state index in [1.165, 1.54) is 30.1 Å². The number of aromatic nitrogens is 3. The number of H-pyrrole nitrogens is 1. The fraction of sp³-hybridized carbons (Fsp3) is 0.0769. The maximum Gasteiger partial charge on any atom is 0.342 e. The van der Waals surface area contributed by atoms with Crippen LogP contribution >= 0.6 is 11.8 Å². The molecule has 3 N–H and O–H groups in total. The number of amides is 1. The molecule has 11 heteroatoms. The number of thioether (sulfide) groups is 1. The minimum absolute atomic E-state index is 0.00584. The van der Waals surface area contributed by atoms with Crippen LogP contribution in [0.1, 0.15) is 11.1 Å². The summed E-state index contributed by atoms with van der Waals surface area (Å²) in [6, 6.07) is 20.8. The first-order chi connectivity index (χ1) is 18.0. The number of aromatic hydroxyl groups is 1. The molecule has 0 saturated carbocycles. The molecule has 3 aromatic carbocycles. The largest absolute Gasteiger partial charge is 0.507 e. The smallest absolute Gasteiger partial charge is 0.342 e. The number of non-ortho nitro benzene ring substituents is 1. The van der Waals surface area contributed by atoms with E-state index in [1.54, 1.807) is 41.0 Å². The van der Waals surface area contributed by atoms with Crippen molar-refractivity contribution in [2.45, 2.75) is 11.6 Å². The average Bonchev–Trinajstić information content (AvgIpc) is 3.34. The summed E-state index contributed by atoms with van der Waals surface area (Å²) in [6.45, 7) is 3.67. The molecule has 0 bridgehead atoms. The van der Waals surface area contributed by atoms with Crippen molar-refractivity contribution in [3.8, 4) is 22.8 Å². The molecule has 1 aromatic heterocycles. The van der Waals surface area contributed by atoms with Gasteiger partial charge >= 0.3 is 5.16 Å². The topological polar surface area (TPSA) is 137 Å². The highest BCUT2D eigenvalue weighted by atomic mass is 32.2. The van der Waals surface area contributed by atoms with Crippen LogP contribution in [-0.2, 0) is 11.2 Å². The molecule has 1 heterocycles. The van der Waals surface area contributed by atoms with E-state index in [1.807, 2.05) is 30.3 Å². The number of benzene rings is 3. The van der Waals surface area contributed by atoms with E-state index in [-0.39, 0.29) is 23.1 Å². The molecule has 1 amide bonds. The second-order valence-corrected chi connectivity index (χ2v) is 8.71. The van der Waals surface area contributed by atoms with E-state index in [0.29, 0.717) is 34.1 Å². The molecule has 0 saturated heterocycles. The van der Waals surface area contributed by atoms with Gasteiger partial charge in [0.05, 0.1) is 27.6 Å².